The number of fused-ring (bicyclic) bond motifs is 1. The summed E-state index contributed by atoms with van der Waals surface area (Å²) in [6, 6.07) is 13.9. The van der Waals surface area contributed by atoms with Gasteiger partial charge >= 0.3 is 0 Å². The Kier molecular flexibility index (Phi) is 3.72. The fourth-order valence-corrected chi connectivity index (χ4v) is 4.37. The second-order valence-corrected chi connectivity index (χ2v) is 6.79. The standard InChI is InChI=1S/C18H24N4/c1-21-12-16(14-5-3-2-4-6-14)17-13-22(10-8-18(17)21)11-15-7-9-19-20-15/h2-7,9,16-18H,8,10-13H2,1H3,(H,19,20)/t16-,17-,18-/m1/s1. The minimum Gasteiger partial charge on any atom is -0.302 e. The summed E-state index contributed by atoms with van der Waals surface area (Å²) in [7, 11) is 2.30. The molecular weight excluding hydrogens is 272 g/mol. The van der Waals surface area contributed by atoms with Crippen LogP contribution in [0.25, 0.3) is 0 Å². The molecule has 3 atom stereocenters. The number of aromatic nitrogens is 2. The van der Waals surface area contributed by atoms with Gasteiger partial charge in [-0.05, 0) is 31.0 Å². The number of likely N-dealkylation sites (N-methyl/N-ethyl adjacent to an activating group) is 1. The zero-order valence-electron chi connectivity index (χ0n) is 13.2. The highest BCUT2D eigenvalue weighted by atomic mass is 15.2. The predicted molar refractivity (Wildman–Crippen MR) is 87.6 cm³/mol. The van der Waals surface area contributed by atoms with Crippen molar-refractivity contribution in [2.45, 2.75) is 24.9 Å². The second kappa shape index (κ2) is 5.86. The van der Waals surface area contributed by atoms with Crippen LogP contribution < -0.4 is 0 Å². The highest BCUT2D eigenvalue weighted by molar-refractivity contribution is 5.24. The molecule has 0 unspecified atom stereocenters. The Morgan fingerprint density at radius 3 is 2.82 bits per heavy atom. The van der Waals surface area contributed by atoms with Crippen LogP contribution in [0.3, 0.4) is 0 Å². The summed E-state index contributed by atoms with van der Waals surface area (Å²) < 4.78 is 0. The molecule has 1 aromatic heterocycles. The Bertz CT molecular complexity index is 595. The van der Waals surface area contributed by atoms with Crippen LogP contribution >= 0.6 is 0 Å². The molecule has 4 nitrogen and oxygen atoms in total. The van der Waals surface area contributed by atoms with Gasteiger partial charge in [-0.25, -0.2) is 0 Å². The summed E-state index contributed by atoms with van der Waals surface area (Å²) in [5.74, 6) is 1.41. The first-order valence-corrected chi connectivity index (χ1v) is 8.27. The molecule has 0 saturated carbocycles. The number of benzene rings is 1. The molecule has 2 saturated heterocycles. The molecule has 2 fully saturated rings. The van der Waals surface area contributed by atoms with Crippen molar-refractivity contribution in [2.24, 2.45) is 5.92 Å². The van der Waals surface area contributed by atoms with Gasteiger partial charge in [0.1, 0.15) is 0 Å². The first-order chi connectivity index (χ1) is 10.8. The third-order valence-corrected chi connectivity index (χ3v) is 5.45. The van der Waals surface area contributed by atoms with E-state index in [1.54, 1.807) is 0 Å². The van der Waals surface area contributed by atoms with E-state index in [0.29, 0.717) is 5.92 Å². The topological polar surface area (TPSA) is 35.2 Å². The normalized spacial score (nSPS) is 29.6. The van der Waals surface area contributed by atoms with E-state index in [4.69, 9.17) is 0 Å². The lowest BCUT2D eigenvalue weighted by molar-refractivity contribution is 0.114. The minimum atomic E-state index is 0.667. The SMILES string of the molecule is CN1C[C@H](c2ccccc2)[C@H]2CN(Cc3ccn[nH]3)CC[C@H]21. The number of nitrogens with zero attached hydrogens (tertiary/aromatic N) is 3. The van der Waals surface area contributed by atoms with Gasteiger partial charge < -0.3 is 4.90 Å². The molecule has 1 aromatic carbocycles. The molecule has 4 heteroatoms. The van der Waals surface area contributed by atoms with Crippen molar-refractivity contribution in [1.29, 1.82) is 0 Å². The zero-order valence-corrected chi connectivity index (χ0v) is 13.2. The maximum atomic E-state index is 4.07. The van der Waals surface area contributed by atoms with Crippen molar-refractivity contribution in [3.05, 3.63) is 53.9 Å². The Labute approximate surface area is 132 Å². The average molecular weight is 296 g/mol. The first kappa shape index (κ1) is 14.0. The van der Waals surface area contributed by atoms with E-state index < -0.39 is 0 Å². The summed E-state index contributed by atoms with van der Waals surface area (Å²) >= 11 is 0. The van der Waals surface area contributed by atoms with Gasteiger partial charge in [0.25, 0.3) is 0 Å². The van der Waals surface area contributed by atoms with E-state index in [1.807, 2.05) is 6.20 Å². The van der Waals surface area contributed by atoms with Gasteiger partial charge in [-0.3, -0.25) is 10.00 Å². The Morgan fingerprint density at radius 2 is 2.05 bits per heavy atom. The van der Waals surface area contributed by atoms with E-state index >= 15 is 0 Å². The fourth-order valence-electron chi connectivity index (χ4n) is 4.37. The van der Waals surface area contributed by atoms with E-state index in [2.05, 4.69) is 63.4 Å². The molecule has 1 N–H and O–H groups in total. The molecule has 2 aliphatic heterocycles. The van der Waals surface area contributed by atoms with Gasteiger partial charge in [0.05, 0.1) is 0 Å². The highest BCUT2D eigenvalue weighted by Crippen LogP contribution is 2.40. The summed E-state index contributed by atoms with van der Waals surface area (Å²) in [5.41, 5.74) is 2.73. The summed E-state index contributed by atoms with van der Waals surface area (Å²) in [4.78, 5) is 5.17. The van der Waals surface area contributed by atoms with Gasteiger partial charge in [-0.1, -0.05) is 30.3 Å². The van der Waals surface area contributed by atoms with Crippen LogP contribution in [0.4, 0.5) is 0 Å². The van der Waals surface area contributed by atoms with Gasteiger partial charge in [0, 0.05) is 50.0 Å². The number of aromatic amines is 1. The molecule has 0 bridgehead atoms. The fraction of sp³-hybridized carbons (Fsp3) is 0.500. The van der Waals surface area contributed by atoms with Crippen LogP contribution in [0.15, 0.2) is 42.6 Å². The van der Waals surface area contributed by atoms with Gasteiger partial charge in [0.2, 0.25) is 0 Å². The smallest absolute Gasteiger partial charge is 0.0492 e. The largest absolute Gasteiger partial charge is 0.302 e. The van der Waals surface area contributed by atoms with Crippen LogP contribution in [-0.4, -0.2) is 52.7 Å². The van der Waals surface area contributed by atoms with E-state index in [0.717, 1.165) is 18.5 Å². The molecular formula is C18H24N4. The zero-order chi connectivity index (χ0) is 14.9. The van der Waals surface area contributed by atoms with Crippen LogP contribution in [0, 0.1) is 5.92 Å². The highest BCUT2D eigenvalue weighted by Gasteiger charge is 2.43. The molecule has 0 spiro atoms. The maximum Gasteiger partial charge on any atom is 0.0492 e. The molecule has 3 heterocycles. The summed E-state index contributed by atoms with van der Waals surface area (Å²) in [6.07, 6.45) is 3.12. The molecule has 0 radical (unpaired) electrons. The van der Waals surface area contributed by atoms with Crippen molar-refractivity contribution in [3.8, 4) is 0 Å². The number of H-pyrrole nitrogens is 1. The van der Waals surface area contributed by atoms with E-state index in [-0.39, 0.29) is 0 Å². The Balaban J connectivity index is 1.51. The number of likely N-dealkylation sites (tertiary alicyclic amines) is 2. The van der Waals surface area contributed by atoms with Crippen molar-refractivity contribution in [2.75, 3.05) is 26.7 Å². The van der Waals surface area contributed by atoms with Gasteiger partial charge in [-0.2, -0.15) is 5.10 Å². The average Bonchev–Trinajstić information content (AvgIpc) is 3.17. The van der Waals surface area contributed by atoms with Crippen molar-refractivity contribution in [1.82, 2.24) is 20.0 Å². The van der Waals surface area contributed by atoms with Gasteiger partial charge in [0.15, 0.2) is 0 Å². The molecule has 0 amide bonds. The summed E-state index contributed by atoms with van der Waals surface area (Å²) in [6.45, 7) is 4.56. The summed E-state index contributed by atoms with van der Waals surface area (Å²) in [5, 5.41) is 7.16. The number of rotatable bonds is 3. The van der Waals surface area contributed by atoms with Crippen molar-refractivity contribution >= 4 is 0 Å². The lowest BCUT2D eigenvalue weighted by Crippen LogP contribution is -2.45. The second-order valence-electron chi connectivity index (χ2n) is 6.79. The number of hydrogen-bond acceptors (Lipinski definition) is 3. The Morgan fingerprint density at radius 1 is 1.18 bits per heavy atom. The van der Waals surface area contributed by atoms with Crippen LogP contribution in [-0.2, 0) is 6.54 Å². The van der Waals surface area contributed by atoms with Crippen molar-refractivity contribution in [3.63, 3.8) is 0 Å². The van der Waals surface area contributed by atoms with Gasteiger partial charge in [-0.15, -0.1) is 0 Å². The molecule has 2 aliphatic rings. The maximum absolute atomic E-state index is 4.07. The lowest BCUT2D eigenvalue weighted by Gasteiger charge is -2.38. The third-order valence-electron chi connectivity index (χ3n) is 5.45. The quantitative estimate of drug-likeness (QED) is 0.944. The molecule has 4 rings (SSSR count). The third kappa shape index (κ3) is 2.57. The van der Waals surface area contributed by atoms with Crippen LogP contribution in [0.5, 0.6) is 0 Å². The van der Waals surface area contributed by atoms with Crippen LogP contribution in [0.2, 0.25) is 0 Å². The molecule has 2 aromatic rings. The van der Waals surface area contributed by atoms with E-state index in [9.17, 15) is 0 Å². The van der Waals surface area contributed by atoms with Crippen LogP contribution in [0.1, 0.15) is 23.6 Å². The van der Waals surface area contributed by atoms with Crippen molar-refractivity contribution < 1.29 is 0 Å². The first-order valence-electron chi connectivity index (χ1n) is 8.27. The number of hydrogen-bond donors (Lipinski definition) is 1. The molecule has 0 aliphatic carbocycles. The monoisotopic (exact) mass is 296 g/mol. The minimum absolute atomic E-state index is 0.667. The lowest BCUT2D eigenvalue weighted by atomic mass is 9.82. The number of nitrogens with one attached hydrogen (secondary N) is 1. The molecule has 22 heavy (non-hydrogen) atoms. The Hall–Kier alpha value is -1.65. The van der Waals surface area contributed by atoms with E-state index in [1.165, 1.54) is 37.3 Å². The predicted octanol–water partition coefficient (Wildman–Crippen LogP) is 2.33. The molecule has 116 valence electrons. The number of piperidine rings is 1.